The van der Waals surface area contributed by atoms with E-state index in [1.807, 2.05) is 6.26 Å². The minimum Gasteiger partial charge on any atom is -0.497 e. The number of halogens is 1. The van der Waals surface area contributed by atoms with E-state index in [0.717, 1.165) is 5.69 Å². The summed E-state index contributed by atoms with van der Waals surface area (Å²) in [7, 11) is 1.55. The molecule has 8 heteroatoms. The van der Waals surface area contributed by atoms with Gasteiger partial charge in [0.1, 0.15) is 11.6 Å². The molecule has 3 aromatic rings. The van der Waals surface area contributed by atoms with Gasteiger partial charge in [0, 0.05) is 11.3 Å². The van der Waals surface area contributed by atoms with Crippen LogP contribution in [0.25, 0.3) is 5.69 Å². The maximum atomic E-state index is 13.2. The summed E-state index contributed by atoms with van der Waals surface area (Å²) in [6.45, 7) is 0.182. The van der Waals surface area contributed by atoms with Gasteiger partial charge in [0.25, 0.3) is 5.91 Å². The summed E-state index contributed by atoms with van der Waals surface area (Å²) in [5.41, 5.74) is 1.22. The Morgan fingerprint density at radius 1 is 1.23 bits per heavy atom. The number of thioether (sulfide) groups is 1. The van der Waals surface area contributed by atoms with E-state index in [1.165, 1.54) is 23.9 Å². The predicted molar refractivity (Wildman–Crippen MR) is 97.3 cm³/mol. The standard InChI is InChI=1S/C18H17FN4O2S/c1-25-15-5-3-4-12(10-15)17(24)20-11-16-21-22-18(26-2)23(16)14-8-6-13(19)7-9-14/h3-10H,11H2,1-2H3,(H,20,24). The number of amides is 1. The summed E-state index contributed by atoms with van der Waals surface area (Å²) < 4.78 is 20.1. The third kappa shape index (κ3) is 3.85. The molecule has 6 nitrogen and oxygen atoms in total. The van der Waals surface area contributed by atoms with Gasteiger partial charge in [0.05, 0.1) is 13.7 Å². The van der Waals surface area contributed by atoms with Crippen LogP contribution in [0, 0.1) is 5.82 Å². The molecule has 2 aromatic carbocycles. The van der Waals surface area contributed by atoms with Gasteiger partial charge in [-0.25, -0.2) is 4.39 Å². The first kappa shape index (κ1) is 17.9. The molecule has 1 heterocycles. The highest BCUT2D eigenvalue weighted by Crippen LogP contribution is 2.20. The lowest BCUT2D eigenvalue weighted by Crippen LogP contribution is -2.24. The summed E-state index contributed by atoms with van der Waals surface area (Å²) >= 11 is 1.42. The summed E-state index contributed by atoms with van der Waals surface area (Å²) in [5.74, 6) is 0.595. The van der Waals surface area contributed by atoms with Gasteiger partial charge in [0.15, 0.2) is 11.0 Å². The summed E-state index contributed by atoms with van der Waals surface area (Å²) in [6.07, 6.45) is 1.88. The van der Waals surface area contributed by atoms with E-state index in [0.29, 0.717) is 22.3 Å². The molecule has 1 aromatic heterocycles. The van der Waals surface area contributed by atoms with E-state index >= 15 is 0 Å². The Labute approximate surface area is 154 Å². The quantitative estimate of drug-likeness (QED) is 0.674. The summed E-state index contributed by atoms with van der Waals surface area (Å²) in [6, 6.07) is 12.9. The van der Waals surface area contributed by atoms with Gasteiger partial charge in [-0.3, -0.25) is 9.36 Å². The number of benzene rings is 2. The highest BCUT2D eigenvalue weighted by molar-refractivity contribution is 7.98. The number of ether oxygens (including phenoxy) is 1. The number of nitrogens with one attached hydrogen (secondary N) is 1. The van der Waals surface area contributed by atoms with Crippen molar-refractivity contribution >= 4 is 17.7 Å². The molecular weight excluding hydrogens is 355 g/mol. The fourth-order valence-electron chi connectivity index (χ4n) is 2.42. The average Bonchev–Trinajstić information content (AvgIpc) is 3.09. The van der Waals surface area contributed by atoms with Crippen LogP contribution in [-0.4, -0.2) is 34.0 Å². The Bertz CT molecular complexity index is 912. The number of nitrogens with zero attached hydrogens (tertiary/aromatic N) is 3. The molecule has 0 saturated heterocycles. The van der Waals surface area contributed by atoms with Gasteiger partial charge in [-0.2, -0.15) is 0 Å². The molecule has 3 rings (SSSR count). The molecule has 0 aliphatic heterocycles. The van der Waals surface area contributed by atoms with Crippen molar-refractivity contribution in [2.24, 2.45) is 0 Å². The smallest absolute Gasteiger partial charge is 0.251 e. The Hall–Kier alpha value is -2.87. The molecular formula is C18H17FN4O2S. The van der Waals surface area contributed by atoms with Crippen molar-refractivity contribution in [1.29, 1.82) is 0 Å². The molecule has 0 spiro atoms. The summed E-state index contributed by atoms with van der Waals surface area (Å²) in [4.78, 5) is 12.4. The van der Waals surface area contributed by atoms with Crippen LogP contribution in [0.5, 0.6) is 5.75 Å². The predicted octanol–water partition coefficient (Wildman–Crippen LogP) is 3.07. The van der Waals surface area contributed by atoms with Gasteiger partial charge < -0.3 is 10.1 Å². The Balaban J connectivity index is 1.81. The van der Waals surface area contributed by atoms with Crippen molar-refractivity contribution in [2.75, 3.05) is 13.4 Å². The van der Waals surface area contributed by atoms with Crippen LogP contribution in [0.15, 0.2) is 53.7 Å². The highest BCUT2D eigenvalue weighted by atomic mass is 32.2. The SMILES string of the molecule is COc1cccc(C(=O)NCc2nnc(SC)n2-c2ccc(F)cc2)c1. The lowest BCUT2D eigenvalue weighted by molar-refractivity contribution is 0.0949. The molecule has 0 aliphatic rings. The molecule has 0 radical (unpaired) electrons. The molecule has 26 heavy (non-hydrogen) atoms. The molecule has 1 amide bonds. The molecule has 134 valence electrons. The minimum atomic E-state index is -0.319. The Morgan fingerprint density at radius 3 is 2.69 bits per heavy atom. The number of carbonyl (C=O) groups is 1. The third-order valence-corrected chi connectivity index (χ3v) is 4.34. The number of rotatable bonds is 6. The minimum absolute atomic E-state index is 0.182. The van der Waals surface area contributed by atoms with Crippen LogP contribution in [0.1, 0.15) is 16.2 Å². The van der Waals surface area contributed by atoms with Gasteiger partial charge in [0.2, 0.25) is 0 Å². The van der Waals surface area contributed by atoms with E-state index in [1.54, 1.807) is 48.1 Å². The number of hydrogen-bond donors (Lipinski definition) is 1. The fraction of sp³-hybridized carbons (Fsp3) is 0.167. The normalized spacial score (nSPS) is 10.6. The number of carbonyl (C=O) groups excluding carboxylic acids is 1. The molecule has 0 unspecified atom stereocenters. The Kier molecular flexibility index (Phi) is 5.52. The van der Waals surface area contributed by atoms with Crippen molar-refractivity contribution in [3.05, 3.63) is 65.7 Å². The van der Waals surface area contributed by atoms with Crippen molar-refractivity contribution in [3.8, 4) is 11.4 Å². The second kappa shape index (κ2) is 8.01. The van der Waals surface area contributed by atoms with Crippen LogP contribution in [0.3, 0.4) is 0 Å². The van der Waals surface area contributed by atoms with Crippen LogP contribution in [0.4, 0.5) is 4.39 Å². The van der Waals surface area contributed by atoms with Crippen LogP contribution < -0.4 is 10.1 Å². The Morgan fingerprint density at radius 2 is 2.00 bits per heavy atom. The first-order chi connectivity index (χ1) is 12.6. The molecule has 0 fully saturated rings. The second-order valence-electron chi connectivity index (χ2n) is 5.33. The lowest BCUT2D eigenvalue weighted by Gasteiger charge is -2.10. The second-order valence-corrected chi connectivity index (χ2v) is 6.10. The lowest BCUT2D eigenvalue weighted by atomic mass is 10.2. The van der Waals surface area contributed by atoms with Crippen LogP contribution in [0.2, 0.25) is 0 Å². The van der Waals surface area contributed by atoms with Crippen molar-refractivity contribution < 1.29 is 13.9 Å². The zero-order chi connectivity index (χ0) is 18.5. The van der Waals surface area contributed by atoms with E-state index < -0.39 is 0 Å². The van der Waals surface area contributed by atoms with Gasteiger partial charge in [-0.15, -0.1) is 10.2 Å². The molecule has 0 aliphatic carbocycles. The first-order valence-electron chi connectivity index (χ1n) is 7.79. The highest BCUT2D eigenvalue weighted by Gasteiger charge is 2.15. The van der Waals surface area contributed by atoms with Crippen LogP contribution in [-0.2, 0) is 6.54 Å². The molecule has 0 saturated carbocycles. The van der Waals surface area contributed by atoms with Crippen LogP contribution >= 0.6 is 11.8 Å². The monoisotopic (exact) mass is 372 g/mol. The van der Waals surface area contributed by atoms with Gasteiger partial charge in [-0.05, 0) is 48.7 Å². The zero-order valence-corrected chi connectivity index (χ0v) is 15.1. The number of methoxy groups -OCH3 is 1. The first-order valence-corrected chi connectivity index (χ1v) is 9.01. The van der Waals surface area contributed by atoms with Crippen molar-refractivity contribution in [3.63, 3.8) is 0 Å². The maximum Gasteiger partial charge on any atom is 0.251 e. The van der Waals surface area contributed by atoms with E-state index in [2.05, 4.69) is 15.5 Å². The number of hydrogen-bond acceptors (Lipinski definition) is 5. The van der Waals surface area contributed by atoms with E-state index in [4.69, 9.17) is 4.74 Å². The average molecular weight is 372 g/mol. The van der Waals surface area contributed by atoms with E-state index in [9.17, 15) is 9.18 Å². The topological polar surface area (TPSA) is 69.0 Å². The van der Waals surface area contributed by atoms with Crippen molar-refractivity contribution in [2.45, 2.75) is 11.7 Å². The van der Waals surface area contributed by atoms with E-state index in [-0.39, 0.29) is 18.3 Å². The van der Waals surface area contributed by atoms with Crippen molar-refractivity contribution in [1.82, 2.24) is 20.1 Å². The largest absolute Gasteiger partial charge is 0.497 e. The molecule has 0 bridgehead atoms. The maximum absolute atomic E-state index is 13.2. The molecule has 1 N–H and O–H groups in total. The zero-order valence-electron chi connectivity index (χ0n) is 14.3. The third-order valence-electron chi connectivity index (χ3n) is 3.71. The van der Waals surface area contributed by atoms with Gasteiger partial charge >= 0.3 is 0 Å². The molecule has 0 atom stereocenters. The van der Waals surface area contributed by atoms with Gasteiger partial charge in [-0.1, -0.05) is 17.8 Å². The number of aromatic nitrogens is 3. The summed E-state index contributed by atoms with van der Waals surface area (Å²) in [5, 5.41) is 11.7. The fourth-order valence-corrected chi connectivity index (χ4v) is 2.94.